The first kappa shape index (κ1) is 13.5. The van der Waals surface area contributed by atoms with Gasteiger partial charge in [-0.1, -0.05) is 25.2 Å². The van der Waals surface area contributed by atoms with Crippen LogP contribution in [0.2, 0.25) is 0 Å². The number of thiazole rings is 1. The number of hydrogen-bond donors (Lipinski definition) is 2. The molecule has 1 aromatic rings. The molecule has 0 bridgehead atoms. The molecule has 2 N–H and O–H groups in total. The van der Waals surface area contributed by atoms with Gasteiger partial charge in [0.15, 0.2) is 0 Å². The topological polar surface area (TPSA) is 44.9 Å². The highest BCUT2D eigenvalue weighted by Crippen LogP contribution is 2.15. The molecule has 0 atom stereocenters. The van der Waals surface area contributed by atoms with E-state index in [-0.39, 0.29) is 10.4 Å². The van der Waals surface area contributed by atoms with E-state index in [2.05, 4.69) is 44.9 Å². The van der Waals surface area contributed by atoms with Gasteiger partial charge in [-0.25, -0.2) is 0 Å². The van der Waals surface area contributed by atoms with Crippen molar-refractivity contribution < 1.29 is 0 Å². The lowest BCUT2D eigenvalue weighted by Crippen LogP contribution is -2.35. The van der Waals surface area contributed by atoms with Crippen LogP contribution in [-0.4, -0.2) is 10.5 Å². The molecule has 0 radical (unpaired) electrons. The first-order valence-electron chi connectivity index (χ1n) is 5.74. The fourth-order valence-electron chi connectivity index (χ4n) is 1.45. The van der Waals surface area contributed by atoms with Gasteiger partial charge in [-0.05, 0) is 33.1 Å². The van der Waals surface area contributed by atoms with Gasteiger partial charge in [0.2, 0.25) is 0 Å². The molecular formula is C12H22N2OS. The lowest BCUT2D eigenvalue weighted by Gasteiger charge is -2.20. The largest absolute Gasteiger partial charge is 0.316 e. The second-order valence-electron chi connectivity index (χ2n) is 5.62. The zero-order valence-electron chi connectivity index (χ0n) is 10.8. The number of aromatic nitrogens is 1. The Morgan fingerprint density at radius 1 is 1.38 bits per heavy atom. The van der Waals surface area contributed by atoms with E-state index in [0.29, 0.717) is 5.92 Å². The fourth-order valence-corrected chi connectivity index (χ4v) is 2.25. The normalized spacial score (nSPS) is 12.4. The highest BCUT2D eigenvalue weighted by atomic mass is 32.1. The predicted molar refractivity (Wildman–Crippen MR) is 70.1 cm³/mol. The number of rotatable bonds is 4. The van der Waals surface area contributed by atoms with Crippen molar-refractivity contribution in [1.82, 2.24) is 10.3 Å². The summed E-state index contributed by atoms with van der Waals surface area (Å²) in [7, 11) is 0. The van der Waals surface area contributed by atoms with Crippen LogP contribution in [-0.2, 0) is 13.0 Å². The molecule has 92 valence electrons. The summed E-state index contributed by atoms with van der Waals surface area (Å²) in [6.07, 6.45) is 0.944. The van der Waals surface area contributed by atoms with Crippen LogP contribution < -0.4 is 10.2 Å². The highest BCUT2D eigenvalue weighted by Gasteiger charge is 2.13. The Morgan fingerprint density at radius 3 is 2.50 bits per heavy atom. The first-order chi connectivity index (χ1) is 7.28. The second kappa shape index (κ2) is 5.15. The Kier molecular flexibility index (Phi) is 4.33. The average Bonchev–Trinajstić information content (AvgIpc) is 2.40. The molecule has 0 unspecified atom stereocenters. The molecule has 1 rings (SSSR count). The zero-order chi connectivity index (χ0) is 12.3. The molecule has 0 spiro atoms. The Labute approximate surface area is 101 Å². The van der Waals surface area contributed by atoms with Crippen molar-refractivity contribution in [2.45, 2.75) is 53.1 Å². The summed E-state index contributed by atoms with van der Waals surface area (Å²) in [5.41, 5.74) is 1.18. The third-order valence-corrected chi connectivity index (χ3v) is 3.12. The molecular weight excluding hydrogens is 220 g/mol. The van der Waals surface area contributed by atoms with Gasteiger partial charge in [-0.15, -0.1) is 0 Å². The molecule has 0 aliphatic carbocycles. The molecule has 16 heavy (non-hydrogen) atoms. The Balaban J connectivity index is 2.75. The molecule has 1 aromatic heterocycles. The van der Waals surface area contributed by atoms with E-state index in [1.807, 2.05) is 0 Å². The van der Waals surface area contributed by atoms with Gasteiger partial charge in [0, 0.05) is 22.7 Å². The maximum Gasteiger partial charge on any atom is 0.304 e. The van der Waals surface area contributed by atoms with Crippen LogP contribution in [0.3, 0.4) is 0 Å². The quantitative estimate of drug-likeness (QED) is 0.852. The summed E-state index contributed by atoms with van der Waals surface area (Å²) in [5, 5.41) is 3.42. The van der Waals surface area contributed by atoms with Crippen molar-refractivity contribution in [3.05, 3.63) is 20.2 Å². The maximum atomic E-state index is 11.4. The molecule has 0 fully saturated rings. The monoisotopic (exact) mass is 242 g/mol. The number of nitrogens with one attached hydrogen (secondary N) is 2. The molecule has 0 saturated carbocycles. The van der Waals surface area contributed by atoms with Crippen LogP contribution in [0.1, 0.15) is 45.2 Å². The molecule has 3 nitrogen and oxygen atoms in total. The van der Waals surface area contributed by atoms with Gasteiger partial charge in [0.05, 0.1) is 0 Å². The Hall–Kier alpha value is -0.610. The number of H-pyrrole nitrogens is 1. The third-order valence-electron chi connectivity index (χ3n) is 2.20. The van der Waals surface area contributed by atoms with Crippen LogP contribution in [0.5, 0.6) is 0 Å². The molecule has 0 aliphatic rings. The van der Waals surface area contributed by atoms with Crippen molar-refractivity contribution >= 4 is 11.3 Å². The van der Waals surface area contributed by atoms with Crippen LogP contribution in [0, 0.1) is 5.92 Å². The minimum atomic E-state index is 0.0568. The summed E-state index contributed by atoms with van der Waals surface area (Å²) in [6.45, 7) is 11.5. The smallest absolute Gasteiger partial charge is 0.304 e. The lowest BCUT2D eigenvalue weighted by molar-refractivity contribution is 0.425. The van der Waals surface area contributed by atoms with Crippen molar-refractivity contribution in [3.8, 4) is 0 Å². The number of hydrogen-bond acceptors (Lipinski definition) is 3. The molecule has 0 aromatic carbocycles. The van der Waals surface area contributed by atoms with E-state index in [0.717, 1.165) is 23.5 Å². The van der Waals surface area contributed by atoms with E-state index in [1.165, 1.54) is 11.3 Å². The van der Waals surface area contributed by atoms with E-state index < -0.39 is 0 Å². The average molecular weight is 242 g/mol. The van der Waals surface area contributed by atoms with E-state index in [9.17, 15) is 4.79 Å². The molecule has 0 aliphatic heterocycles. The maximum absolute atomic E-state index is 11.4. The number of aromatic amines is 1. The summed E-state index contributed by atoms with van der Waals surface area (Å²) >= 11 is 1.32. The molecule has 4 heteroatoms. The molecule has 1 heterocycles. The molecule has 0 saturated heterocycles. The van der Waals surface area contributed by atoms with E-state index in [1.54, 1.807) is 0 Å². The lowest BCUT2D eigenvalue weighted by atomic mass is 10.1. The van der Waals surface area contributed by atoms with E-state index in [4.69, 9.17) is 0 Å². The minimum Gasteiger partial charge on any atom is -0.316 e. The first-order valence-corrected chi connectivity index (χ1v) is 6.55. The standard InChI is InChI=1S/C12H22N2OS/c1-8(2)6-9-10(16-11(15)14-9)7-13-12(3,4)5/h8,13H,6-7H2,1-5H3,(H,14,15). The summed E-state index contributed by atoms with van der Waals surface area (Å²) < 4.78 is 0. The minimum absolute atomic E-state index is 0.0568. The van der Waals surface area contributed by atoms with E-state index >= 15 is 0 Å². The fraction of sp³-hybridized carbons (Fsp3) is 0.750. The van der Waals surface area contributed by atoms with Crippen LogP contribution in [0.4, 0.5) is 0 Å². The van der Waals surface area contributed by atoms with Gasteiger partial charge in [-0.2, -0.15) is 0 Å². The van der Waals surface area contributed by atoms with Crippen molar-refractivity contribution in [2.75, 3.05) is 0 Å². The van der Waals surface area contributed by atoms with Gasteiger partial charge >= 0.3 is 4.87 Å². The second-order valence-corrected chi connectivity index (χ2v) is 6.69. The Morgan fingerprint density at radius 2 is 2.00 bits per heavy atom. The van der Waals surface area contributed by atoms with Gasteiger partial charge in [0.25, 0.3) is 0 Å². The third kappa shape index (κ3) is 4.49. The Bertz CT molecular complexity index is 384. The van der Waals surface area contributed by atoms with Gasteiger partial charge in [-0.3, -0.25) is 4.79 Å². The summed E-state index contributed by atoms with van der Waals surface area (Å²) in [6, 6.07) is 0. The predicted octanol–water partition coefficient (Wildman–Crippen LogP) is 2.52. The summed E-state index contributed by atoms with van der Waals surface area (Å²) in [4.78, 5) is 15.5. The SMILES string of the molecule is CC(C)Cc1[nH]c(=O)sc1CNC(C)(C)C. The zero-order valence-corrected chi connectivity index (χ0v) is 11.6. The van der Waals surface area contributed by atoms with Crippen molar-refractivity contribution in [3.63, 3.8) is 0 Å². The molecule has 0 amide bonds. The van der Waals surface area contributed by atoms with Gasteiger partial charge in [0.1, 0.15) is 0 Å². The highest BCUT2D eigenvalue weighted by molar-refractivity contribution is 7.09. The summed E-state index contributed by atoms with van der Waals surface area (Å²) in [5.74, 6) is 0.568. The van der Waals surface area contributed by atoms with Crippen LogP contribution >= 0.6 is 11.3 Å². The van der Waals surface area contributed by atoms with Crippen LogP contribution in [0.25, 0.3) is 0 Å². The van der Waals surface area contributed by atoms with Crippen molar-refractivity contribution in [1.29, 1.82) is 0 Å². The van der Waals surface area contributed by atoms with Gasteiger partial charge < -0.3 is 10.3 Å². The van der Waals surface area contributed by atoms with Crippen LogP contribution in [0.15, 0.2) is 4.79 Å². The van der Waals surface area contributed by atoms with Crippen molar-refractivity contribution in [2.24, 2.45) is 5.92 Å².